The summed E-state index contributed by atoms with van der Waals surface area (Å²) in [7, 11) is 0. The molecule has 2 heteroatoms. The van der Waals surface area contributed by atoms with Gasteiger partial charge in [-0.3, -0.25) is 0 Å². The lowest BCUT2D eigenvalue weighted by Crippen LogP contribution is -2.55. The Morgan fingerprint density at radius 2 is 1.73 bits per heavy atom. The van der Waals surface area contributed by atoms with Crippen molar-refractivity contribution in [2.24, 2.45) is 34.0 Å². The highest BCUT2D eigenvalue weighted by Crippen LogP contribution is 2.70. The minimum atomic E-state index is -0.278. The highest BCUT2D eigenvalue weighted by atomic mass is 16.3. The number of benzene rings is 1. The van der Waals surface area contributed by atoms with Crippen molar-refractivity contribution in [3.8, 4) is 0 Å². The van der Waals surface area contributed by atoms with Gasteiger partial charge >= 0.3 is 0 Å². The second kappa shape index (κ2) is 7.20. The Bertz CT molecular complexity index is 813. The van der Waals surface area contributed by atoms with Gasteiger partial charge in [0.05, 0.1) is 12.2 Å². The van der Waals surface area contributed by atoms with E-state index in [1.807, 2.05) is 0 Å². The first-order valence-corrected chi connectivity index (χ1v) is 12.4. The second-order valence-corrected chi connectivity index (χ2v) is 11.6. The van der Waals surface area contributed by atoms with E-state index in [1.54, 1.807) is 5.57 Å². The molecule has 164 valence electrons. The van der Waals surface area contributed by atoms with Crippen LogP contribution >= 0.6 is 0 Å². The molecular formula is C28H40O2. The maximum absolute atomic E-state index is 11.2. The van der Waals surface area contributed by atoms with E-state index in [4.69, 9.17) is 0 Å². The maximum atomic E-state index is 11.2. The molecule has 2 nitrogen and oxygen atoms in total. The number of aliphatic hydroxyl groups excluding tert-OH is 2. The number of aliphatic hydroxyl groups is 2. The van der Waals surface area contributed by atoms with Crippen LogP contribution in [0.1, 0.15) is 77.7 Å². The Hall–Kier alpha value is -1.12. The Balaban J connectivity index is 1.49. The Morgan fingerprint density at radius 3 is 2.47 bits per heavy atom. The smallest absolute Gasteiger partial charge is 0.0577 e. The second-order valence-electron chi connectivity index (χ2n) is 11.6. The van der Waals surface area contributed by atoms with E-state index in [1.165, 1.54) is 31.2 Å². The van der Waals surface area contributed by atoms with Gasteiger partial charge in [0.1, 0.15) is 0 Å². The molecule has 0 aromatic heterocycles. The number of allylic oxidation sites excluding steroid dienone is 1. The third kappa shape index (κ3) is 2.82. The molecule has 7 unspecified atom stereocenters. The van der Waals surface area contributed by atoms with Crippen LogP contribution in [0.4, 0.5) is 0 Å². The molecule has 4 aliphatic rings. The van der Waals surface area contributed by atoms with E-state index in [0.29, 0.717) is 11.3 Å². The van der Waals surface area contributed by atoms with Gasteiger partial charge in [-0.15, -0.1) is 0 Å². The molecule has 3 saturated carbocycles. The van der Waals surface area contributed by atoms with Crippen LogP contribution < -0.4 is 0 Å². The standard InChI is InChI=1S/C28H40O2/c1-19(29)28(18-20-7-5-4-6-8-20)16-13-25-23-10-9-21-17-22(30)11-14-26(21,2)24(23)12-15-27(25,28)3/h4-9,19,22-25,29-30H,10-18H2,1-3H3/t19?,22?,23?,24?,25?,26?,27?,28-/m0/s1. The van der Waals surface area contributed by atoms with Gasteiger partial charge in [-0.1, -0.05) is 55.8 Å². The predicted octanol–water partition coefficient (Wildman–Crippen LogP) is 5.92. The van der Waals surface area contributed by atoms with Crippen molar-refractivity contribution >= 4 is 0 Å². The number of rotatable bonds is 3. The minimum Gasteiger partial charge on any atom is -0.393 e. The maximum Gasteiger partial charge on any atom is 0.0577 e. The lowest BCUT2D eigenvalue weighted by molar-refractivity contribution is -0.115. The molecule has 0 saturated heterocycles. The summed E-state index contributed by atoms with van der Waals surface area (Å²) in [6.07, 6.45) is 12.2. The highest BCUT2D eigenvalue weighted by Gasteiger charge is 2.64. The van der Waals surface area contributed by atoms with Crippen molar-refractivity contribution < 1.29 is 10.2 Å². The number of hydrogen-bond acceptors (Lipinski definition) is 2. The van der Waals surface area contributed by atoms with Crippen molar-refractivity contribution in [1.29, 1.82) is 0 Å². The van der Waals surface area contributed by atoms with E-state index >= 15 is 0 Å². The molecule has 0 heterocycles. The molecule has 1 aromatic carbocycles. The molecule has 0 spiro atoms. The Kier molecular flexibility index (Phi) is 4.99. The summed E-state index contributed by atoms with van der Waals surface area (Å²) in [4.78, 5) is 0. The summed E-state index contributed by atoms with van der Waals surface area (Å²) in [5.41, 5.74) is 3.40. The molecule has 0 bridgehead atoms. The monoisotopic (exact) mass is 408 g/mol. The number of hydrogen-bond donors (Lipinski definition) is 2. The summed E-state index contributed by atoms with van der Waals surface area (Å²) in [5, 5.41) is 21.4. The van der Waals surface area contributed by atoms with Crippen LogP contribution in [0.2, 0.25) is 0 Å². The van der Waals surface area contributed by atoms with Gasteiger partial charge in [0, 0.05) is 5.41 Å². The highest BCUT2D eigenvalue weighted by molar-refractivity contribution is 5.27. The first-order chi connectivity index (χ1) is 14.3. The molecule has 0 radical (unpaired) electrons. The van der Waals surface area contributed by atoms with Crippen molar-refractivity contribution in [3.05, 3.63) is 47.5 Å². The topological polar surface area (TPSA) is 40.5 Å². The zero-order valence-corrected chi connectivity index (χ0v) is 19.1. The zero-order chi connectivity index (χ0) is 21.1. The predicted molar refractivity (Wildman–Crippen MR) is 122 cm³/mol. The van der Waals surface area contributed by atoms with E-state index in [0.717, 1.165) is 43.9 Å². The Morgan fingerprint density at radius 1 is 1.00 bits per heavy atom. The quantitative estimate of drug-likeness (QED) is 0.610. The van der Waals surface area contributed by atoms with Gasteiger partial charge in [-0.05, 0) is 98.9 Å². The average molecular weight is 409 g/mol. The van der Waals surface area contributed by atoms with Crippen molar-refractivity contribution in [2.45, 2.75) is 90.8 Å². The van der Waals surface area contributed by atoms with E-state index in [-0.39, 0.29) is 23.0 Å². The molecule has 3 fully saturated rings. The van der Waals surface area contributed by atoms with Gasteiger partial charge in [0.25, 0.3) is 0 Å². The SMILES string of the molecule is CC(O)[C@@]1(Cc2ccccc2)CCC2C3CC=C4CC(O)CCC4(C)C3CCC21C. The summed E-state index contributed by atoms with van der Waals surface area (Å²) in [6, 6.07) is 10.9. The van der Waals surface area contributed by atoms with E-state index in [2.05, 4.69) is 57.2 Å². The summed E-state index contributed by atoms with van der Waals surface area (Å²) >= 11 is 0. The van der Waals surface area contributed by atoms with Crippen LogP contribution in [0.25, 0.3) is 0 Å². The third-order valence-corrected chi connectivity index (χ3v) is 10.7. The summed E-state index contributed by atoms with van der Waals surface area (Å²) < 4.78 is 0. The summed E-state index contributed by atoms with van der Waals surface area (Å²) in [6.45, 7) is 7.10. The van der Waals surface area contributed by atoms with E-state index < -0.39 is 0 Å². The number of fused-ring (bicyclic) bond motifs is 5. The normalized spacial score (nSPS) is 46.4. The first kappa shape index (κ1) is 20.8. The molecule has 1 aromatic rings. The van der Waals surface area contributed by atoms with E-state index in [9.17, 15) is 10.2 Å². The Labute approximate surface area is 182 Å². The molecule has 0 aliphatic heterocycles. The van der Waals surface area contributed by atoms with Gasteiger partial charge in [0.2, 0.25) is 0 Å². The average Bonchev–Trinajstić information content (AvgIpc) is 3.03. The largest absolute Gasteiger partial charge is 0.393 e. The fourth-order valence-corrected chi connectivity index (χ4v) is 8.90. The molecule has 5 rings (SSSR count). The van der Waals surface area contributed by atoms with Gasteiger partial charge in [-0.25, -0.2) is 0 Å². The molecule has 4 aliphatic carbocycles. The van der Waals surface area contributed by atoms with Gasteiger partial charge < -0.3 is 10.2 Å². The van der Waals surface area contributed by atoms with Crippen LogP contribution in [0.15, 0.2) is 42.0 Å². The van der Waals surface area contributed by atoms with Crippen molar-refractivity contribution in [1.82, 2.24) is 0 Å². The van der Waals surface area contributed by atoms with Crippen molar-refractivity contribution in [3.63, 3.8) is 0 Å². The zero-order valence-electron chi connectivity index (χ0n) is 19.1. The molecule has 8 atom stereocenters. The first-order valence-electron chi connectivity index (χ1n) is 12.4. The van der Waals surface area contributed by atoms with Crippen LogP contribution in [0.3, 0.4) is 0 Å². The van der Waals surface area contributed by atoms with Crippen LogP contribution in [0, 0.1) is 34.0 Å². The molecule has 2 N–H and O–H groups in total. The van der Waals surface area contributed by atoms with Gasteiger partial charge in [0.15, 0.2) is 0 Å². The van der Waals surface area contributed by atoms with Gasteiger partial charge in [-0.2, -0.15) is 0 Å². The minimum absolute atomic E-state index is 0.0162. The van der Waals surface area contributed by atoms with Crippen LogP contribution in [-0.4, -0.2) is 22.4 Å². The van der Waals surface area contributed by atoms with Crippen LogP contribution in [-0.2, 0) is 6.42 Å². The van der Waals surface area contributed by atoms with Crippen molar-refractivity contribution in [2.75, 3.05) is 0 Å². The fourth-order valence-electron chi connectivity index (χ4n) is 8.90. The fraction of sp³-hybridized carbons (Fsp3) is 0.714. The molecule has 30 heavy (non-hydrogen) atoms. The molecular weight excluding hydrogens is 368 g/mol. The lowest BCUT2D eigenvalue weighted by atomic mass is 9.44. The molecule has 0 amide bonds. The third-order valence-electron chi connectivity index (χ3n) is 10.7. The lowest BCUT2D eigenvalue weighted by Gasteiger charge is -2.60. The van der Waals surface area contributed by atoms with Crippen LogP contribution in [0.5, 0.6) is 0 Å². The summed E-state index contributed by atoms with van der Waals surface area (Å²) in [5.74, 6) is 2.20.